The van der Waals surface area contributed by atoms with Crippen LogP contribution in [0.25, 0.3) is 0 Å². The first kappa shape index (κ1) is 14.6. The van der Waals surface area contributed by atoms with Gasteiger partial charge in [-0.3, -0.25) is 10.1 Å². The van der Waals surface area contributed by atoms with Gasteiger partial charge < -0.3 is 14.6 Å². The van der Waals surface area contributed by atoms with Crippen LogP contribution in [0.1, 0.15) is 25.0 Å². The van der Waals surface area contributed by atoms with Gasteiger partial charge in [0.15, 0.2) is 6.29 Å². The number of benzene rings is 1. The third-order valence-electron chi connectivity index (χ3n) is 3.08. The monoisotopic (exact) mass is 279 g/mol. The van der Waals surface area contributed by atoms with Gasteiger partial charge in [-0.15, -0.1) is 0 Å². The molecule has 0 fully saturated rings. The molecule has 0 unspecified atom stereocenters. The molecule has 0 bridgehead atoms. The van der Waals surface area contributed by atoms with E-state index in [2.05, 4.69) is 0 Å². The third-order valence-corrected chi connectivity index (χ3v) is 3.08. The smallest absolute Gasteiger partial charge is 0.275 e. The van der Waals surface area contributed by atoms with E-state index >= 15 is 0 Å². The van der Waals surface area contributed by atoms with E-state index in [0.717, 1.165) is 0 Å². The molecule has 0 aromatic heterocycles. The number of aliphatic hydroxyl groups is 1. The second kappa shape index (κ2) is 6.60. The molecule has 0 saturated carbocycles. The van der Waals surface area contributed by atoms with Gasteiger partial charge in [0.05, 0.1) is 10.5 Å². The number of nitro benzene ring substituents is 1. The molecule has 0 amide bonds. The van der Waals surface area contributed by atoms with Gasteiger partial charge in [-0.05, 0) is 13.0 Å². The summed E-state index contributed by atoms with van der Waals surface area (Å²) in [5, 5.41) is 21.3. The van der Waals surface area contributed by atoms with Gasteiger partial charge in [0.2, 0.25) is 0 Å². The molecule has 2 rings (SSSR count). The summed E-state index contributed by atoms with van der Waals surface area (Å²) in [5.74, 6) is 0. The first-order valence-corrected chi connectivity index (χ1v) is 6.48. The van der Waals surface area contributed by atoms with E-state index in [1.165, 1.54) is 12.1 Å². The summed E-state index contributed by atoms with van der Waals surface area (Å²) < 4.78 is 11.0. The molecule has 1 heterocycles. The van der Waals surface area contributed by atoms with Crippen LogP contribution < -0.4 is 0 Å². The molecule has 1 N–H and O–H groups in total. The van der Waals surface area contributed by atoms with Crippen molar-refractivity contribution in [3.8, 4) is 0 Å². The Kier molecular flexibility index (Phi) is 4.84. The average molecular weight is 279 g/mol. The SMILES string of the molecule is CCO[C@@H]1CC=C[C@H]([C@H](O)c2ccccc2[N+](=O)[O-])O1. The zero-order chi connectivity index (χ0) is 14.5. The van der Waals surface area contributed by atoms with E-state index in [-0.39, 0.29) is 11.3 Å². The maximum absolute atomic E-state index is 11.0. The second-order valence-corrected chi connectivity index (χ2v) is 4.41. The maximum atomic E-state index is 11.0. The van der Waals surface area contributed by atoms with Crippen molar-refractivity contribution in [2.24, 2.45) is 0 Å². The van der Waals surface area contributed by atoms with Crippen molar-refractivity contribution in [2.45, 2.75) is 31.8 Å². The van der Waals surface area contributed by atoms with E-state index in [1.807, 2.05) is 13.0 Å². The first-order chi connectivity index (χ1) is 9.63. The van der Waals surface area contributed by atoms with Crippen molar-refractivity contribution >= 4 is 5.69 Å². The summed E-state index contributed by atoms with van der Waals surface area (Å²) in [6.07, 6.45) is 1.99. The van der Waals surface area contributed by atoms with Crippen LogP contribution in [0.2, 0.25) is 0 Å². The summed E-state index contributed by atoms with van der Waals surface area (Å²) in [6.45, 7) is 2.36. The number of nitrogens with zero attached hydrogens (tertiary/aromatic N) is 1. The number of nitro groups is 1. The van der Waals surface area contributed by atoms with E-state index < -0.39 is 23.4 Å². The highest BCUT2D eigenvalue weighted by Crippen LogP contribution is 2.31. The number of ether oxygens (including phenoxy) is 2. The van der Waals surface area contributed by atoms with Crippen molar-refractivity contribution in [1.29, 1.82) is 0 Å². The van der Waals surface area contributed by atoms with Gasteiger partial charge in [-0.2, -0.15) is 0 Å². The maximum Gasteiger partial charge on any atom is 0.275 e. The summed E-state index contributed by atoms with van der Waals surface area (Å²) in [5.41, 5.74) is 0.125. The molecule has 0 spiro atoms. The molecule has 108 valence electrons. The minimum absolute atomic E-state index is 0.115. The zero-order valence-corrected chi connectivity index (χ0v) is 11.1. The second-order valence-electron chi connectivity index (χ2n) is 4.41. The standard InChI is InChI=1S/C14H17NO5/c1-2-19-13-9-5-8-12(20-13)14(16)10-6-3-4-7-11(10)15(17)18/h3-8,12-14,16H,2,9H2,1H3/t12-,13+,14-/m1/s1. The molecule has 1 aliphatic rings. The fourth-order valence-electron chi connectivity index (χ4n) is 2.15. The lowest BCUT2D eigenvalue weighted by Gasteiger charge is -2.28. The number of rotatable bonds is 5. The molecule has 1 aliphatic heterocycles. The highest BCUT2D eigenvalue weighted by Gasteiger charge is 2.30. The van der Waals surface area contributed by atoms with E-state index in [9.17, 15) is 15.2 Å². The molecule has 3 atom stereocenters. The number of hydrogen-bond acceptors (Lipinski definition) is 5. The van der Waals surface area contributed by atoms with Crippen molar-refractivity contribution in [1.82, 2.24) is 0 Å². The Morgan fingerprint density at radius 3 is 3.00 bits per heavy atom. The van der Waals surface area contributed by atoms with Crippen LogP contribution >= 0.6 is 0 Å². The highest BCUT2D eigenvalue weighted by molar-refractivity contribution is 5.42. The normalized spacial score (nSPS) is 23.5. The largest absolute Gasteiger partial charge is 0.385 e. The Morgan fingerprint density at radius 2 is 2.30 bits per heavy atom. The summed E-state index contributed by atoms with van der Waals surface area (Å²) >= 11 is 0. The first-order valence-electron chi connectivity index (χ1n) is 6.48. The van der Waals surface area contributed by atoms with Gasteiger partial charge in [-0.1, -0.05) is 24.3 Å². The Bertz CT molecular complexity index is 502. The minimum Gasteiger partial charge on any atom is -0.385 e. The summed E-state index contributed by atoms with van der Waals surface area (Å²) in [7, 11) is 0. The lowest BCUT2D eigenvalue weighted by molar-refractivity contribution is -0.386. The molecule has 0 saturated heterocycles. The fourth-order valence-corrected chi connectivity index (χ4v) is 2.15. The predicted octanol–water partition coefficient (Wildman–Crippen LogP) is 2.34. The van der Waals surface area contributed by atoms with Gasteiger partial charge in [0.25, 0.3) is 5.69 Å². The van der Waals surface area contributed by atoms with Crippen molar-refractivity contribution in [3.05, 3.63) is 52.1 Å². The van der Waals surface area contributed by atoms with Crippen molar-refractivity contribution in [2.75, 3.05) is 6.61 Å². The molecule has 6 nitrogen and oxygen atoms in total. The Balaban J connectivity index is 2.19. The molecular weight excluding hydrogens is 262 g/mol. The Labute approximate surface area is 116 Å². The highest BCUT2D eigenvalue weighted by atomic mass is 16.7. The van der Waals surface area contributed by atoms with Gasteiger partial charge in [0, 0.05) is 19.1 Å². The molecular formula is C14H17NO5. The average Bonchev–Trinajstić information content (AvgIpc) is 2.47. The molecule has 20 heavy (non-hydrogen) atoms. The zero-order valence-electron chi connectivity index (χ0n) is 11.1. The minimum atomic E-state index is -1.10. The van der Waals surface area contributed by atoms with Crippen LogP contribution in [0.3, 0.4) is 0 Å². The Hall–Kier alpha value is -1.76. The summed E-state index contributed by atoms with van der Waals surface area (Å²) in [4.78, 5) is 10.5. The number of para-hydroxylation sites is 1. The molecule has 6 heteroatoms. The summed E-state index contributed by atoms with van der Waals surface area (Å²) in [6, 6.07) is 6.11. The van der Waals surface area contributed by atoms with E-state index in [0.29, 0.717) is 13.0 Å². The topological polar surface area (TPSA) is 81.8 Å². The predicted molar refractivity (Wildman–Crippen MR) is 72.1 cm³/mol. The van der Waals surface area contributed by atoms with Crippen LogP contribution in [-0.4, -0.2) is 29.0 Å². The molecule has 0 radical (unpaired) electrons. The van der Waals surface area contributed by atoms with Crippen LogP contribution in [0.4, 0.5) is 5.69 Å². The van der Waals surface area contributed by atoms with Crippen LogP contribution in [0.5, 0.6) is 0 Å². The molecule has 0 aliphatic carbocycles. The van der Waals surface area contributed by atoms with Crippen LogP contribution in [0.15, 0.2) is 36.4 Å². The number of hydrogen-bond donors (Lipinski definition) is 1. The van der Waals surface area contributed by atoms with Crippen LogP contribution in [-0.2, 0) is 9.47 Å². The fraction of sp³-hybridized carbons (Fsp3) is 0.429. The van der Waals surface area contributed by atoms with Gasteiger partial charge in [-0.25, -0.2) is 0 Å². The van der Waals surface area contributed by atoms with E-state index in [1.54, 1.807) is 18.2 Å². The van der Waals surface area contributed by atoms with Crippen molar-refractivity contribution < 1.29 is 19.5 Å². The third kappa shape index (κ3) is 3.22. The number of aliphatic hydroxyl groups excluding tert-OH is 1. The quantitative estimate of drug-likeness (QED) is 0.508. The lowest BCUT2D eigenvalue weighted by Crippen LogP contribution is -2.31. The van der Waals surface area contributed by atoms with E-state index in [4.69, 9.17) is 9.47 Å². The van der Waals surface area contributed by atoms with Gasteiger partial charge in [0.1, 0.15) is 12.2 Å². The Morgan fingerprint density at radius 1 is 1.55 bits per heavy atom. The molecule has 1 aromatic rings. The van der Waals surface area contributed by atoms with Crippen LogP contribution in [0, 0.1) is 10.1 Å². The van der Waals surface area contributed by atoms with Gasteiger partial charge >= 0.3 is 0 Å². The van der Waals surface area contributed by atoms with Crippen molar-refractivity contribution in [3.63, 3.8) is 0 Å². The molecule has 1 aromatic carbocycles. The lowest BCUT2D eigenvalue weighted by atomic mass is 10.0.